The molecule has 0 N–H and O–H groups in total. The molecule has 0 fully saturated rings. The fraction of sp³-hybridized carbons (Fsp3) is 0.154. The summed E-state index contributed by atoms with van der Waals surface area (Å²) < 4.78 is 13.6. The van der Waals surface area contributed by atoms with Crippen LogP contribution in [0, 0.1) is 19.7 Å². The van der Waals surface area contributed by atoms with E-state index in [-0.39, 0.29) is 5.82 Å². The maximum atomic E-state index is 13.6. The molecule has 0 saturated heterocycles. The van der Waals surface area contributed by atoms with Gasteiger partial charge in [-0.1, -0.05) is 17.7 Å². The van der Waals surface area contributed by atoms with E-state index in [9.17, 15) is 4.39 Å². The fourth-order valence-electron chi connectivity index (χ4n) is 1.61. The molecule has 1 aromatic carbocycles. The second kappa shape index (κ2) is 3.81. The molecular formula is C13H12FN. The molecule has 0 amide bonds. The zero-order chi connectivity index (χ0) is 10.8. The van der Waals surface area contributed by atoms with Crippen LogP contribution in [0.1, 0.15) is 11.3 Å². The predicted octanol–water partition coefficient (Wildman–Crippen LogP) is 3.50. The van der Waals surface area contributed by atoms with Crippen LogP contribution in [0.25, 0.3) is 11.1 Å². The van der Waals surface area contributed by atoms with Crippen LogP contribution in [0.15, 0.2) is 36.5 Å². The average molecular weight is 201 g/mol. The third-order valence-corrected chi connectivity index (χ3v) is 2.42. The van der Waals surface area contributed by atoms with E-state index in [1.54, 1.807) is 12.3 Å². The monoisotopic (exact) mass is 201 g/mol. The van der Waals surface area contributed by atoms with Crippen LogP contribution in [-0.4, -0.2) is 4.98 Å². The van der Waals surface area contributed by atoms with Gasteiger partial charge < -0.3 is 0 Å². The molecule has 0 radical (unpaired) electrons. The molecule has 15 heavy (non-hydrogen) atoms. The van der Waals surface area contributed by atoms with Crippen LogP contribution >= 0.6 is 0 Å². The molecule has 2 rings (SSSR count). The van der Waals surface area contributed by atoms with Crippen molar-refractivity contribution in [1.29, 1.82) is 0 Å². The molecule has 1 heterocycles. The zero-order valence-electron chi connectivity index (χ0n) is 8.79. The minimum Gasteiger partial charge on any atom is -0.261 e. The molecule has 0 bridgehead atoms. The molecule has 0 aliphatic carbocycles. The summed E-state index contributed by atoms with van der Waals surface area (Å²) >= 11 is 0. The zero-order valence-corrected chi connectivity index (χ0v) is 8.79. The molecule has 1 nitrogen and oxygen atoms in total. The number of rotatable bonds is 1. The van der Waals surface area contributed by atoms with Gasteiger partial charge >= 0.3 is 0 Å². The molecule has 1 aromatic heterocycles. The van der Waals surface area contributed by atoms with Crippen LogP contribution in [0.5, 0.6) is 0 Å². The van der Waals surface area contributed by atoms with Crippen molar-refractivity contribution in [1.82, 2.24) is 4.98 Å². The van der Waals surface area contributed by atoms with E-state index < -0.39 is 0 Å². The summed E-state index contributed by atoms with van der Waals surface area (Å²) in [7, 11) is 0. The first-order chi connectivity index (χ1) is 7.18. The second-order valence-electron chi connectivity index (χ2n) is 3.62. The van der Waals surface area contributed by atoms with E-state index in [1.807, 2.05) is 32.0 Å². The highest BCUT2D eigenvalue weighted by Crippen LogP contribution is 2.25. The van der Waals surface area contributed by atoms with Gasteiger partial charge in [0.2, 0.25) is 0 Å². The van der Waals surface area contributed by atoms with Gasteiger partial charge in [-0.25, -0.2) is 4.39 Å². The summed E-state index contributed by atoms with van der Waals surface area (Å²) in [5.74, 6) is -0.197. The lowest BCUT2D eigenvalue weighted by Gasteiger charge is -2.06. The lowest BCUT2D eigenvalue weighted by molar-refractivity contribution is 0.630. The molecule has 76 valence electrons. The van der Waals surface area contributed by atoms with Gasteiger partial charge in [0, 0.05) is 23.0 Å². The first-order valence-electron chi connectivity index (χ1n) is 4.86. The van der Waals surface area contributed by atoms with Crippen LogP contribution in [0.4, 0.5) is 4.39 Å². The van der Waals surface area contributed by atoms with E-state index in [2.05, 4.69) is 4.98 Å². The SMILES string of the molecule is Cc1ccc(F)c(-c2cccnc2C)c1. The fourth-order valence-corrected chi connectivity index (χ4v) is 1.61. The number of halogens is 1. The number of aryl methyl sites for hydroxylation is 2. The van der Waals surface area contributed by atoms with Crippen molar-refractivity contribution in [2.75, 3.05) is 0 Å². The second-order valence-corrected chi connectivity index (χ2v) is 3.62. The normalized spacial score (nSPS) is 10.3. The van der Waals surface area contributed by atoms with Gasteiger partial charge in [0.05, 0.1) is 0 Å². The molecule has 2 heteroatoms. The van der Waals surface area contributed by atoms with E-state index in [1.165, 1.54) is 6.07 Å². The maximum absolute atomic E-state index is 13.6. The first kappa shape index (κ1) is 9.84. The van der Waals surface area contributed by atoms with Gasteiger partial charge in [0.15, 0.2) is 0 Å². The molecule has 0 atom stereocenters. The Hall–Kier alpha value is -1.70. The smallest absolute Gasteiger partial charge is 0.131 e. The molecule has 0 aliphatic heterocycles. The Labute approximate surface area is 88.6 Å². The molecule has 0 saturated carbocycles. The standard InChI is InChI=1S/C13H12FN/c1-9-5-6-13(14)12(8-9)11-4-3-7-15-10(11)2/h3-8H,1-2H3. The third kappa shape index (κ3) is 1.89. The maximum Gasteiger partial charge on any atom is 0.131 e. The Morgan fingerprint density at radius 3 is 2.60 bits per heavy atom. The van der Waals surface area contributed by atoms with E-state index in [0.717, 1.165) is 16.8 Å². The van der Waals surface area contributed by atoms with E-state index in [4.69, 9.17) is 0 Å². The van der Waals surface area contributed by atoms with Gasteiger partial charge in [-0.15, -0.1) is 0 Å². The van der Waals surface area contributed by atoms with Crippen molar-refractivity contribution in [3.8, 4) is 11.1 Å². The van der Waals surface area contributed by atoms with Crippen molar-refractivity contribution in [3.63, 3.8) is 0 Å². The number of hydrogen-bond donors (Lipinski definition) is 0. The van der Waals surface area contributed by atoms with Gasteiger partial charge in [0.25, 0.3) is 0 Å². The highest BCUT2D eigenvalue weighted by Gasteiger charge is 2.07. The minimum atomic E-state index is -0.197. The summed E-state index contributed by atoms with van der Waals surface area (Å²) in [6, 6.07) is 8.82. The molecule has 0 aliphatic rings. The summed E-state index contributed by atoms with van der Waals surface area (Å²) in [4.78, 5) is 4.16. The summed E-state index contributed by atoms with van der Waals surface area (Å²) in [6.45, 7) is 3.84. The third-order valence-electron chi connectivity index (χ3n) is 2.42. The Morgan fingerprint density at radius 2 is 1.87 bits per heavy atom. The van der Waals surface area contributed by atoms with Gasteiger partial charge in [-0.3, -0.25) is 4.98 Å². The van der Waals surface area contributed by atoms with Crippen molar-refractivity contribution in [2.24, 2.45) is 0 Å². The molecule has 0 spiro atoms. The number of aromatic nitrogens is 1. The van der Waals surface area contributed by atoms with Gasteiger partial charge in [-0.2, -0.15) is 0 Å². The number of hydrogen-bond acceptors (Lipinski definition) is 1. The number of pyridine rings is 1. The Kier molecular flexibility index (Phi) is 2.50. The molecule has 2 aromatic rings. The Balaban J connectivity index is 2.64. The van der Waals surface area contributed by atoms with Crippen LogP contribution in [0.2, 0.25) is 0 Å². The van der Waals surface area contributed by atoms with Crippen molar-refractivity contribution in [3.05, 3.63) is 53.6 Å². The average Bonchev–Trinajstić information content (AvgIpc) is 2.23. The van der Waals surface area contributed by atoms with Crippen molar-refractivity contribution < 1.29 is 4.39 Å². The van der Waals surface area contributed by atoms with Crippen LogP contribution in [-0.2, 0) is 0 Å². The summed E-state index contributed by atoms with van der Waals surface area (Å²) in [5.41, 5.74) is 3.39. The van der Waals surface area contributed by atoms with E-state index in [0.29, 0.717) is 5.56 Å². The lowest BCUT2D eigenvalue weighted by atomic mass is 10.0. The highest BCUT2D eigenvalue weighted by atomic mass is 19.1. The number of benzene rings is 1. The van der Waals surface area contributed by atoms with Gasteiger partial charge in [0.1, 0.15) is 5.82 Å². The minimum absolute atomic E-state index is 0.197. The highest BCUT2D eigenvalue weighted by molar-refractivity contribution is 5.66. The Bertz CT molecular complexity index is 492. The summed E-state index contributed by atoms with van der Waals surface area (Å²) in [5, 5.41) is 0. The largest absolute Gasteiger partial charge is 0.261 e. The predicted molar refractivity (Wildman–Crippen MR) is 59.1 cm³/mol. The Morgan fingerprint density at radius 1 is 1.07 bits per heavy atom. The van der Waals surface area contributed by atoms with Crippen molar-refractivity contribution >= 4 is 0 Å². The first-order valence-corrected chi connectivity index (χ1v) is 4.86. The molecular weight excluding hydrogens is 189 g/mol. The summed E-state index contributed by atoms with van der Waals surface area (Å²) in [6.07, 6.45) is 1.71. The van der Waals surface area contributed by atoms with Gasteiger partial charge in [-0.05, 0) is 32.0 Å². The van der Waals surface area contributed by atoms with Crippen molar-refractivity contribution in [2.45, 2.75) is 13.8 Å². The quantitative estimate of drug-likeness (QED) is 0.688. The topological polar surface area (TPSA) is 12.9 Å². The lowest BCUT2D eigenvalue weighted by Crippen LogP contribution is -1.90. The van der Waals surface area contributed by atoms with Crippen LogP contribution < -0.4 is 0 Å². The molecule has 0 unspecified atom stereocenters. The van der Waals surface area contributed by atoms with E-state index >= 15 is 0 Å². The number of nitrogens with zero attached hydrogens (tertiary/aromatic N) is 1. The van der Waals surface area contributed by atoms with Crippen LogP contribution in [0.3, 0.4) is 0 Å².